The molecule has 0 fully saturated rings. The second kappa shape index (κ2) is 8.09. The molecular weight excluding hydrogens is 389 g/mol. The van der Waals surface area contributed by atoms with Crippen molar-refractivity contribution in [1.29, 1.82) is 0 Å². The largest absolute Gasteiger partial charge is 0.340 e. The van der Waals surface area contributed by atoms with Gasteiger partial charge in [-0.15, -0.1) is 0 Å². The predicted octanol–water partition coefficient (Wildman–Crippen LogP) is 6.75. The predicted molar refractivity (Wildman–Crippen MR) is 120 cm³/mol. The Morgan fingerprint density at radius 1 is 0.929 bits per heavy atom. The molecule has 4 aromatic rings. The van der Waals surface area contributed by atoms with Crippen LogP contribution in [0.1, 0.15) is 16.8 Å². The highest BCUT2D eigenvalue weighted by Gasteiger charge is 2.13. The van der Waals surface area contributed by atoms with Crippen LogP contribution in [0.4, 0.5) is 5.69 Å². The monoisotopic (exact) mass is 407 g/mol. The van der Waals surface area contributed by atoms with Gasteiger partial charge in [0.25, 0.3) is 0 Å². The molecule has 4 rings (SSSR count). The number of nitrogens with zero attached hydrogens (tertiary/aromatic N) is 2. The summed E-state index contributed by atoms with van der Waals surface area (Å²) in [7, 11) is 0. The number of hydrogen-bond donors (Lipinski definition) is 1. The van der Waals surface area contributed by atoms with E-state index in [1.807, 2.05) is 60.8 Å². The highest BCUT2D eigenvalue weighted by atomic mass is 35.5. The van der Waals surface area contributed by atoms with E-state index < -0.39 is 0 Å². The third-order valence-corrected chi connectivity index (χ3v) is 5.50. The van der Waals surface area contributed by atoms with E-state index in [0.29, 0.717) is 16.6 Å². The first kappa shape index (κ1) is 18.6. The fraction of sp³-hybridized carbons (Fsp3) is 0.0870. The van der Waals surface area contributed by atoms with E-state index in [-0.39, 0.29) is 0 Å². The van der Waals surface area contributed by atoms with Crippen molar-refractivity contribution in [1.82, 2.24) is 4.57 Å². The van der Waals surface area contributed by atoms with Crippen LogP contribution in [0.25, 0.3) is 10.9 Å². The summed E-state index contributed by atoms with van der Waals surface area (Å²) in [5, 5.41) is 6.75. The topological polar surface area (TPSA) is 29.3 Å². The number of benzene rings is 3. The maximum atomic E-state index is 6.20. The Morgan fingerprint density at radius 3 is 2.46 bits per heavy atom. The number of halogens is 2. The van der Waals surface area contributed by atoms with Crippen molar-refractivity contribution in [3.63, 3.8) is 0 Å². The number of para-hydroxylation sites is 2. The van der Waals surface area contributed by atoms with Crippen LogP contribution in [-0.4, -0.2) is 10.8 Å². The molecular formula is C23H19Cl2N3. The van der Waals surface area contributed by atoms with Gasteiger partial charge in [-0.1, -0.05) is 65.7 Å². The maximum Gasteiger partial charge on any atom is 0.0595 e. The first-order chi connectivity index (χ1) is 13.6. The molecule has 0 aliphatic rings. The molecule has 1 aromatic heterocycles. The van der Waals surface area contributed by atoms with E-state index in [1.54, 1.807) is 0 Å². The van der Waals surface area contributed by atoms with Gasteiger partial charge in [0.05, 0.1) is 21.9 Å². The van der Waals surface area contributed by atoms with E-state index >= 15 is 0 Å². The Kier molecular flexibility index (Phi) is 5.38. The summed E-state index contributed by atoms with van der Waals surface area (Å²) < 4.78 is 2.28. The summed E-state index contributed by atoms with van der Waals surface area (Å²) in [4.78, 5) is 0. The number of rotatable bonds is 5. The van der Waals surface area contributed by atoms with Gasteiger partial charge in [0.15, 0.2) is 0 Å². The van der Waals surface area contributed by atoms with Gasteiger partial charge in [-0.05, 0) is 42.8 Å². The van der Waals surface area contributed by atoms with Crippen molar-refractivity contribution in [3.05, 3.63) is 99.7 Å². The highest BCUT2D eigenvalue weighted by Crippen LogP contribution is 2.28. The molecule has 0 aliphatic heterocycles. The molecule has 5 heteroatoms. The molecule has 1 heterocycles. The summed E-state index contributed by atoms with van der Waals surface area (Å²) >= 11 is 12.3. The zero-order valence-corrected chi connectivity index (χ0v) is 16.9. The molecule has 0 radical (unpaired) electrons. The molecule has 28 heavy (non-hydrogen) atoms. The lowest BCUT2D eigenvalue weighted by molar-refractivity contribution is 0.804. The number of anilines is 1. The van der Waals surface area contributed by atoms with Crippen molar-refractivity contribution < 1.29 is 0 Å². The molecule has 0 aliphatic carbocycles. The van der Waals surface area contributed by atoms with Gasteiger partial charge in [-0.3, -0.25) is 5.43 Å². The van der Waals surface area contributed by atoms with Crippen molar-refractivity contribution in [2.75, 3.05) is 5.43 Å². The van der Waals surface area contributed by atoms with E-state index in [2.05, 4.69) is 40.2 Å². The van der Waals surface area contributed by atoms with Gasteiger partial charge in [0.1, 0.15) is 0 Å². The standard InChI is InChI=1S/C23H19Cl2N3/c1-16-20(14-26-27-18-7-3-2-4-8-18)19-9-5-6-10-23(19)28(16)15-17-11-12-21(24)22(25)13-17/h2-14,27H,15H2,1H3/b26-14-. The number of nitrogens with one attached hydrogen (secondary N) is 1. The van der Waals surface area contributed by atoms with Crippen molar-refractivity contribution in [2.24, 2.45) is 5.10 Å². The van der Waals surface area contributed by atoms with Crippen LogP contribution >= 0.6 is 23.2 Å². The van der Waals surface area contributed by atoms with Gasteiger partial charge >= 0.3 is 0 Å². The van der Waals surface area contributed by atoms with Gasteiger partial charge in [-0.25, -0.2) is 0 Å². The van der Waals surface area contributed by atoms with Crippen molar-refractivity contribution in [3.8, 4) is 0 Å². The van der Waals surface area contributed by atoms with Crippen LogP contribution in [0.5, 0.6) is 0 Å². The lowest BCUT2D eigenvalue weighted by Crippen LogP contribution is -2.02. The smallest absolute Gasteiger partial charge is 0.0595 e. The summed E-state index contributed by atoms with van der Waals surface area (Å²) in [5.74, 6) is 0. The quantitative estimate of drug-likeness (QED) is 0.287. The van der Waals surface area contributed by atoms with Gasteiger partial charge in [0.2, 0.25) is 0 Å². The second-order valence-corrected chi connectivity index (χ2v) is 7.40. The number of fused-ring (bicyclic) bond motifs is 1. The molecule has 140 valence electrons. The van der Waals surface area contributed by atoms with Crippen LogP contribution in [0.3, 0.4) is 0 Å². The zero-order valence-electron chi connectivity index (χ0n) is 15.4. The minimum atomic E-state index is 0.569. The van der Waals surface area contributed by atoms with Gasteiger partial charge in [-0.2, -0.15) is 5.10 Å². The van der Waals surface area contributed by atoms with E-state index in [4.69, 9.17) is 23.2 Å². The van der Waals surface area contributed by atoms with Crippen LogP contribution < -0.4 is 5.43 Å². The molecule has 1 N–H and O–H groups in total. The van der Waals surface area contributed by atoms with E-state index in [0.717, 1.165) is 28.0 Å². The van der Waals surface area contributed by atoms with Crippen LogP contribution in [0, 0.1) is 6.92 Å². The Hall–Kier alpha value is -2.75. The summed E-state index contributed by atoms with van der Waals surface area (Å²) in [6, 6.07) is 24.0. The highest BCUT2D eigenvalue weighted by molar-refractivity contribution is 6.42. The average Bonchev–Trinajstić information content (AvgIpc) is 2.97. The molecule has 0 saturated carbocycles. The SMILES string of the molecule is Cc1c(/C=N\Nc2ccccc2)c2ccccc2n1Cc1ccc(Cl)c(Cl)c1. The molecule has 3 nitrogen and oxygen atoms in total. The molecule has 3 aromatic carbocycles. The molecule has 0 bridgehead atoms. The Bertz CT molecular complexity index is 1150. The molecule has 0 spiro atoms. The summed E-state index contributed by atoms with van der Waals surface area (Å²) in [6.07, 6.45) is 1.88. The Morgan fingerprint density at radius 2 is 1.68 bits per heavy atom. The Balaban J connectivity index is 1.70. The van der Waals surface area contributed by atoms with Gasteiger partial charge in [0, 0.05) is 28.7 Å². The first-order valence-electron chi connectivity index (χ1n) is 8.99. The number of hydrazone groups is 1. The third kappa shape index (κ3) is 3.77. The Labute approximate surface area is 174 Å². The van der Waals surface area contributed by atoms with Crippen molar-refractivity contribution >= 4 is 46.0 Å². The van der Waals surface area contributed by atoms with Crippen LogP contribution in [-0.2, 0) is 6.54 Å². The van der Waals surface area contributed by atoms with Crippen LogP contribution in [0.2, 0.25) is 10.0 Å². The lowest BCUT2D eigenvalue weighted by atomic mass is 10.1. The summed E-state index contributed by atoms with van der Waals surface area (Å²) in [5.41, 5.74) is 8.54. The van der Waals surface area contributed by atoms with Crippen LogP contribution in [0.15, 0.2) is 77.9 Å². The fourth-order valence-corrected chi connectivity index (χ4v) is 3.65. The van der Waals surface area contributed by atoms with E-state index in [1.165, 1.54) is 5.39 Å². The maximum absolute atomic E-state index is 6.20. The molecule has 0 unspecified atom stereocenters. The minimum absolute atomic E-state index is 0.569. The fourth-order valence-electron chi connectivity index (χ4n) is 3.33. The van der Waals surface area contributed by atoms with Gasteiger partial charge < -0.3 is 4.57 Å². The normalized spacial score (nSPS) is 11.4. The average molecular weight is 408 g/mol. The minimum Gasteiger partial charge on any atom is -0.340 e. The lowest BCUT2D eigenvalue weighted by Gasteiger charge is -2.09. The molecule has 0 amide bonds. The zero-order chi connectivity index (χ0) is 19.5. The second-order valence-electron chi connectivity index (χ2n) is 6.59. The molecule has 0 saturated heterocycles. The first-order valence-corrected chi connectivity index (χ1v) is 9.75. The van der Waals surface area contributed by atoms with Crippen molar-refractivity contribution in [2.45, 2.75) is 13.5 Å². The number of aromatic nitrogens is 1. The third-order valence-electron chi connectivity index (χ3n) is 4.77. The number of hydrogen-bond acceptors (Lipinski definition) is 2. The van der Waals surface area contributed by atoms with E-state index in [9.17, 15) is 0 Å². The molecule has 0 atom stereocenters. The summed E-state index contributed by atoms with van der Waals surface area (Å²) in [6.45, 7) is 2.82.